The third-order valence-corrected chi connectivity index (χ3v) is 3.86. The average molecular weight is 390 g/mol. The van der Waals surface area contributed by atoms with E-state index in [0.717, 1.165) is 23.8 Å². The number of rotatable bonds is 9. The lowest BCUT2D eigenvalue weighted by Gasteiger charge is -2.15. The molecule has 1 aromatic heterocycles. The quantitative estimate of drug-likeness (QED) is 0.540. The molecule has 3 N–H and O–H groups in total. The molecule has 0 aliphatic carbocycles. The van der Waals surface area contributed by atoms with E-state index in [2.05, 4.69) is 10.6 Å². The van der Waals surface area contributed by atoms with Crippen molar-refractivity contribution in [2.45, 2.75) is 32.8 Å². The van der Waals surface area contributed by atoms with Crippen LogP contribution in [-0.2, 0) is 20.8 Å². The zero-order chi connectivity index (χ0) is 20.7. The predicted octanol–water partition coefficient (Wildman–Crippen LogP) is 0.830. The molecular formula is C19H22N2O7. The minimum absolute atomic E-state index is 0.335. The van der Waals surface area contributed by atoms with E-state index in [0.29, 0.717) is 11.3 Å². The fraction of sp³-hybridized carbons (Fsp3) is 0.368. The van der Waals surface area contributed by atoms with Gasteiger partial charge in [0.15, 0.2) is 6.10 Å². The summed E-state index contributed by atoms with van der Waals surface area (Å²) in [5.41, 5.74) is 0.804. The van der Waals surface area contributed by atoms with Crippen molar-refractivity contribution < 1.29 is 28.6 Å². The number of carboxylic acids is 1. The molecule has 0 spiro atoms. The molecule has 0 aliphatic rings. The van der Waals surface area contributed by atoms with Crippen LogP contribution >= 0.6 is 0 Å². The van der Waals surface area contributed by atoms with E-state index in [-0.39, 0.29) is 6.54 Å². The van der Waals surface area contributed by atoms with Gasteiger partial charge in [0.2, 0.25) is 5.91 Å². The van der Waals surface area contributed by atoms with Crippen molar-refractivity contribution in [1.82, 2.24) is 10.6 Å². The third-order valence-electron chi connectivity index (χ3n) is 3.86. The number of aryl methyl sites for hydroxylation is 1. The fourth-order valence-corrected chi connectivity index (χ4v) is 2.57. The van der Waals surface area contributed by atoms with Crippen LogP contribution in [0.15, 0.2) is 33.5 Å². The minimum atomic E-state index is -1.18. The number of hydrogen-bond acceptors (Lipinski definition) is 6. The van der Waals surface area contributed by atoms with Crippen LogP contribution in [0.25, 0.3) is 11.0 Å². The second kappa shape index (κ2) is 9.54. The van der Waals surface area contributed by atoms with Gasteiger partial charge in [-0.1, -0.05) is 13.3 Å². The van der Waals surface area contributed by atoms with Crippen molar-refractivity contribution in [1.29, 1.82) is 0 Å². The largest absolute Gasteiger partial charge is 0.481 e. The van der Waals surface area contributed by atoms with Gasteiger partial charge in [-0.15, -0.1) is 0 Å². The van der Waals surface area contributed by atoms with Crippen LogP contribution in [0.4, 0.5) is 0 Å². The van der Waals surface area contributed by atoms with Crippen LogP contribution in [0.3, 0.4) is 0 Å². The third kappa shape index (κ3) is 5.83. The van der Waals surface area contributed by atoms with Crippen molar-refractivity contribution in [3.8, 4) is 5.75 Å². The summed E-state index contributed by atoms with van der Waals surface area (Å²) >= 11 is 0. The van der Waals surface area contributed by atoms with Crippen LogP contribution < -0.4 is 21.0 Å². The summed E-state index contributed by atoms with van der Waals surface area (Å²) in [6, 6.07) is 6.45. The lowest BCUT2D eigenvalue weighted by atomic mass is 10.1. The Morgan fingerprint density at radius 3 is 2.61 bits per heavy atom. The molecule has 1 unspecified atom stereocenters. The van der Waals surface area contributed by atoms with Gasteiger partial charge in [-0.25, -0.2) is 4.79 Å². The Hall–Kier alpha value is -3.36. The summed E-state index contributed by atoms with van der Waals surface area (Å²) in [6.07, 6.45) is 0.703. The molecule has 28 heavy (non-hydrogen) atoms. The van der Waals surface area contributed by atoms with Crippen LogP contribution in [-0.4, -0.2) is 42.1 Å². The van der Waals surface area contributed by atoms with Crippen LogP contribution in [0, 0.1) is 0 Å². The number of carbonyl (C=O) groups excluding carboxylic acids is 2. The first kappa shape index (κ1) is 20.9. The maximum absolute atomic E-state index is 12.0. The van der Waals surface area contributed by atoms with Crippen molar-refractivity contribution in [3.63, 3.8) is 0 Å². The summed E-state index contributed by atoms with van der Waals surface area (Å²) in [7, 11) is 0. The topological polar surface area (TPSA) is 135 Å². The Bertz CT molecular complexity index is 936. The number of carbonyl (C=O) groups is 3. The smallest absolute Gasteiger partial charge is 0.336 e. The Morgan fingerprint density at radius 1 is 1.18 bits per heavy atom. The Balaban J connectivity index is 2.01. The summed E-state index contributed by atoms with van der Waals surface area (Å²) in [6.45, 7) is 2.62. The summed E-state index contributed by atoms with van der Waals surface area (Å²) in [4.78, 5) is 45.6. The Labute approximate surface area is 160 Å². The second-order valence-electron chi connectivity index (χ2n) is 6.15. The van der Waals surface area contributed by atoms with Gasteiger partial charge in [0.1, 0.15) is 17.9 Å². The van der Waals surface area contributed by atoms with E-state index in [9.17, 15) is 19.2 Å². The van der Waals surface area contributed by atoms with E-state index in [1.807, 2.05) is 6.92 Å². The summed E-state index contributed by atoms with van der Waals surface area (Å²) in [5.74, 6) is -2.02. The molecule has 9 nitrogen and oxygen atoms in total. The second-order valence-corrected chi connectivity index (χ2v) is 6.15. The molecular weight excluding hydrogens is 368 g/mol. The molecule has 1 aromatic carbocycles. The molecule has 2 amide bonds. The average Bonchev–Trinajstić information content (AvgIpc) is 2.64. The highest BCUT2D eigenvalue weighted by molar-refractivity contribution is 5.88. The number of benzene rings is 1. The first-order valence-electron chi connectivity index (χ1n) is 8.79. The van der Waals surface area contributed by atoms with E-state index in [1.54, 1.807) is 18.2 Å². The highest BCUT2D eigenvalue weighted by atomic mass is 16.5. The maximum Gasteiger partial charge on any atom is 0.336 e. The molecule has 0 bridgehead atoms. The number of carboxylic acid groups (broad SMARTS) is 1. The SMILES string of the molecule is CCCc1cc(=O)oc2cc(OC(C)C(=O)NCC(=O)NCC(=O)O)ccc12. The first-order valence-corrected chi connectivity index (χ1v) is 8.79. The maximum atomic E-state index is 12.0. The summed E-state index contributed by atoms with van der Waals surface area (Å²) < 4.78 is 10.8. The molecule has 9 heteroatoms. The van der Waals surface area contributed by atoms with Gasteiger partial charge in [0.25, 0.3) is 5.91 Å². The van der Waals surface area contributed by atoms with E-state index < -0.39 is 36.1 Å². The van der Waals surface area contributed by atoms with E-state index in [4.69, 9.17) is 14.3 Å². The normalized spacial score (nSPS) is 11.6. The number of fused-ring (bicyclic) bond motifs is 1. The lowest BCUT2D eigenvalue weighted by molar-refractivity contribution is -0.137. The molecule has 0 radical (unpaired) electrons. The monoisotopic (exact) mass is 390 g/mol. The zero-order valence-corrected chi connectivity index (χ0v) is 15.6. The molecule has 2 aromatic rings. The number of amides is 2. The highest BCUT2D eigenvalue weighted by Gasteiger charge is 2.16. The first-order chi connectivity index (χ1) is 13.3. The zero-order valence-electron chi connectivity index (χ0n) is 15.6. The van der Waals surface area contributed by atoms with Crippen molar-refractivity contribution >= 4 is 28.8 Å². The van der Waals surface area contributed by atoms with Gasteiger partial charge < -0.3 is 24.9 Å². The Kier molecular flexibility index (Phi) is 7.14. The number of nitrogens with one attached hydrogen (secondary N) is 2. The molecule has 2 rings (SSSR count). The van der Waals surface area contributed by atoms with Gasteiger partial charge in [-0.3, -0.25) is 14.4 Å². The molecule has 0 aliphatic heterocycles. The van der Waals surface area contributed by atoms with Crippen LogP contribution in [0.5, 0.6) is 5.75 Å². The molecule has 1 atom stereocenters. The van der Waals surface area contributed by atoms with Crippen LogP contribution in [0.1, 0.15) is 25.8 Å². The summed E-state index contributed by atoms with van der Waals surface area (Å²) in [5, 5.41) is 13.8. The van der Waals surface area contributed by atoms with Gasteiger partial charge in [-0.2, -0.15) is 0 Å². The van der Waals surface area contributed by atoms with Gasteiger partial charge in [0.05, 0.1) is 6.54 Å². The van der Waals surface area contributed by atoms with Gasteiger partial charge in [-0.05, 0) is 31.0 Å². The van der Waals surface area contributed by atoms with Crippen molar-refractivity contribution in [3.05, 3.63) is 40.2 Å². The van der Waals surface area contributed by atoms with Crippen molar-refractivity contribution in [2.75, 3.05) is 13.1 Å². The van der Waals surface area contributed by atoms with E-state index >= 15 is 0 Å². The number of ether oxygens (including phenoxy) is 1. The molecule has 0 saturated heterocycles. The number of aliphatic carboxylic acids is 1. The Morgan fingerprint density at radius 2 is 1.93 bits per heavy atom. The van der Waals surface area contributed by atoms with Gasteiger partial charge >= 0.3 is 11.6 Å². The van der Waals surface area contributed by atoms with Crippen molar-refractivity contribution in [2.24, 2.45) is 0 Å². The fourth-order valence-electron chi connectivity index (χ4n) is 2.57. The van der Waals surface area contributed by atoms with E-state index in [1.165, 1.54) is 13.0 Å². The molecule has 0 fully saturated rings. The molecule has 1 heterocycles. The molecule has 150 valence electrons. The lowest BCUT2D eigenvalue weighted by Crippen LogP contribution is -2.43. The minimum Gasteiger partial charge on any atom is -0.481 e. The van der Waals surface area contributed by atoms with Crippen LogP contribution in [0.2, 0.25) is 0 Å². The number of hydrogen-bond donors (Lipinski definition) is 3. The molecule has 0 saturated carbocycles. The van der Waals surface area contributed by atoms with Gasteiger partial charge in [0, 0.05) is 17.5 Å². The highest BCUT2D eigenvalue weighted by Crippen LogP contribution is 2.24. The standard InChI is InChI=1S/C19H22N2O7/c1-3-4-12-7-18(25)28-15-8-13(5-6-14(12)15)27-11(2)19(26)21-9-16(22)20-10-17(23)24/h5-8,11H,3-4,9-10H2,1-2H3,(H,20,22)(H,21,26)(H,23,24). The predicted molar refractivity (Wildman–Crippen MR) is 100 cm³/mol.